The van der Waals surface area contributed by atoms with Crippen LogP contribution in [0.3, 0.4) is 0 Å². The number of hydrogen-bond donors (Lipinski definition) is 2. The Bertz CT molecular complexity index is 395. The largest absolute Gasteiger partial charge is 0.506 e. The molecule has 2 rings (SSSR count). The predicted molar refractivity (Wildman–Crippen MR) is 59.3 cm³/mol. The van der Waals surface area contributed by atoms with Crippen LogP contribution in [0.5, 0.6) is 5.75 Å². The lowest BCUT2D eigenvalue weighted by Gasteiger charge is -2.33. The van der Waals surface area contributed by atoms with Crippen molar-refractivity contribution in [3.05, 3.63) is 24.0 Å². The van der Waals surface area contributed by atoms with E-state index >= 15 is 0 Å². The highest BCUT2D eigenvalue weighted by Crippen LogP contribution is 2.13. The van der Waals surface area contributed by atoms with Crippen molar-refractivity contribution in [3.8, 4) is 5.75 Å². The maximum Gasteiger partial charge on any atom is 0.255 e. The van der Waals surface area contributed by atoms with Gasteiger partial charge < -0.3 is 15.3 Å². The van der Waals surface area contributed by atoms with Crippen LogP contribution < -0.4 is 5.32 Å². The summed E-state index contributed by atoms with van der Waals surface area (Å²) in [6.45, 7) is 4.30. The molecule has 1 aliphatic heterocycles. The highest BCUT2D eigenvalue weighted by molar-refractivity contribution is 5.94. The van der Waals surface area contributed by atoms with Crippen LogP contribution in [-0.2, 0) is 0 Å². The first-order chi connectivity index (χ1) is 7.68. The molecule has 0 spiro atoms. The third-order valence-electron chi connectivity index (χ3n) is 2.73. The van der Waals surface area contributed by atoms with Gasteiger partial charge in [-0.2, -0.15) is 0 Å². The first-order valence-corrected chi connectivity index (χ1v) is 5.34. The van der Waals surface area contributed by atoms with Crippen LogP contribution in [0.25, 0.3) is 0 Å². The van der Waals surface area contributed by atoms with E-state index in [1.54, 1.807) is 4.90 Å². The number of piperazine rings is 1. The zero-order valence-electron chi connectivity index (χ0n) is 9.18. The number of hydrogen-bond acceptors (Lipinski definition) is 4. The van der Waals surface area contributed by atoms with E-state index in [-0.39, 0.29) is 17.7 Å². The summed E-state index contributed by atoms with van der Waals surface area (Å²) in [4.78, 5) is 17.7. The third kappa shape index (κ3) is 2.14. The third-order valence-corrected chi connectivity index (χ3v) is 2.73. The van der Waals surface area contributed by atoms with Gasteiger partial charge in [-0.15, -0.1) is 0 Å². The number of nitrogens with zero attached hydrogens (tertiary/aromatic N) is 2. The summed E-state index contributed by atoms with van der Waals surface area (Å²) in [5.74, 6) is -0.0500. The van der Waals surface area contributed by atoms with E-state index in [4.69, 9.17) is 0 Å². The Morgan fingerprint density at radius 1 is 1.62 bits per heavy atom. The van der Waals surface area contributed by atoms with Gasteiger partial charge in [-0.1, -0.05) is 0 Å². The van der Waals surface area contributed by atoms with Crippen LogP contribution in [0, 0.1) is 0 Å². The standard InChI is InChI=1S/C11H15N3O2/c1-8-5-12-2-3-14(8)11(16)9-4-10(15)7-13-6-9/h4,6-8,12,15H,2-3,5H2,1H3. The van der Waals surface area contributed by atoms with Crippen LogP contribution in [0.4, 0.5) is 0 Å². The van der Waals surface area contributed by atoms with Crippen LogP contribution in [-0.4, -0.2) is 46.6 Å². The summed E-state index contributed by atoms with van der Waals surface area (Å²) in [5, 5.41) is 12.5. The number of pyridine rings is 1. The first-order valence-electron chi connectivity index (χ1n) is 5.34. The van der Waals surface area contributed by atoms with Crippen molar-refractivity contribution in [2.45, 2.75) is 13.0 Å². The molecule has 1 atom stereocenters. The number of aromatic hydroxyl groups is 1. The van der Waals surface area contributed by atoms with Gasteiger partial charge in [0.05, 0.1) is 11.8 Å². The maximum absolute atomic E-state index is 12.1. The van der Waals surface area contributed by atoms with E-state index in [0.29, 0.717) is 12.1 Å². The Hall–Kier alpha value is -1.62. The lowest BCUT2D eigenvalue weighted by molar-refractivity contribution is 0.0655. The fourth-order valence-corrected chi connectivity index (χ4v) is 1.85. The zero-order valence-corrected chi connectivity index (χ0v) is 9.18. The fraction of sp³-hybridized carbons (Fsp3) is 0.455. The molecule has 1 aliphatic rings. The summed E-state index contributed by atoms with van der Waals surface area (Å²) >= 11 is 0. The number of rotatable bonds is 1. The number of aromatic nitrogens is 1. The Morgan fingerprint density at radius 2 is 2.44 bits per heavy atom. The minimum Gasteiger partial charge on any atom is -0.506 e. The molecule has 16 heavy (non-hydrogen) atoms. The minimum absolute atomic E-state index is 0.0219. The second-order valence-corrected chi connectivity index (χ2v) is 3.98. The van der Waals surface area contributed by atoms with Gasteiger partial charge in [0.15, 0.2) is 0 Å². The van der Waals surface area contributed by atoms with Crippen molar-refractivity contribution in [2.24, 2.45) is 0 Å². The Balaban J connectivity index is 2.17. The van der Waals surface area contributed by atoms with E-state index < -0.39 is 0 Å². The molecule has 5 nitrogen and oxygen atoms in total. The van der Waals surface area contributed by atoms with Crippen LogP contribution >= 0.6 is 0 Å². The molecule has 1 unspecified atom stereocenters. The Labute approximate surface area is 94.1 Å². The lowest BCUT2D eigenvalue weighted by atomic mass is 10.1. The van der Waals surface area contributed by atoms with E-state index in [0.717, 1.165) is 13.1 Å². The molecule has 0 saturated carbocycles. The number of nitrogens with one attached hydrogen (secondary N) is 1. The molecule has 0 radical (unpaired) electrons. The number of carbonyl (C=O) groups excluding carboxylic acids is 1. The van der Waals surface area contributed by atoms with Crippen LogP contribution in [0.15, 0.2) is 18.5 Å². The van der Waals surface area contributed by atoms with Gasteiger partial charge in [0, 0.05) is 31.9 Å². The molecule has 1 aromatic rings. The second kappa shape index (κ2) is 4.49. The quantitative estimate of drug-likeness (QED) is 0.712. The first kappa shape index (κ1) is 10.9. The lowest BCUT2D eigenvalue weighted by Crippen LogP contribution is -2.52. The molecule has 0 aromatic carbocycles. The van der Waals surface area contributed by atoms with Gasteiger partial charge in [0.2, 0.25) is 0 Å². The van der Waals surface area contributed by atoms with Gasteiger partial charge in [0.25, 0.3) is 5.91 Å². The molecule has 2 N–H and O–H groups in total. The fourth-order valence-electron chi connectivity index (χ4n) is 1.85. The minimum atomic E-state index is -0.0719. The Kier molecular flexibility index (Phi) is 3.05. The summed E-state index contributed by atoms with van der Waals surface area (Å²) in [7, 11) is 0. The number of carbonyl (C=O) groups is 1. The summed E-state index contributed by atoms with van der Waals surface area (Å²) in [5.41, 5.74) is 0.439. The van der Waals surface area contributed by atoms with Crippen LogP contribution in [0.2, 0.25) is 0 Å². The summed E-state index contributed by atoms with van der Waals surface area (Å²) < 4.78 is 0. The molecule has 0 bridgehead atoms. The van der Waals surface area contributed by atoms with Gasteiger partial charge in [-0.3, -0.25) is 9.78 Å². The average Bonchev–Trinajstić information content (AvgIpc) is 2.29. The van der Waals surface area contributed by atoms with Crippen molar-refractivity contribution in [1.82, 2.24) is 15.2 Å². The van der Waals surface area contributed by atoms with E-state index in [1.165, 1.54) is 18.5 Å². The monoisotopic (exact) mass is 221 g/mol. The van der Waals surface area contributed by atoms with Gasteiger partial charge in [-0.25, -0.2) is 0 Å². The average molecular weight is 221 g/mol. The van der Waals surface area contributed by atoms with Crippen molar-refractivity contribution >= 4 is 5.91 Å². The molecule has 0 aliphatic carbocycles. The highest BCUT2D eigenvalue weighted by atomic mass is 16.3. The van der Waals surface area contributed by atoms with Gasteiger partial charge in [-0.05, 0) is 13.0 Å². The molecule has 1 saturated heterocycles. The molecule has 5 heteroatoms. The normalized spacial score (nSPS) is 20.8. The van der Waals surface area contributed by atoms with Gasteiger partial charge >= 0.3 is 0 Å². The predicted octanol–water partition coefficient (Wildman–Crippen LogP) is 0.221. The molecular formula is C11H15N3O2. The molecule has 1 fully saturated rings. The molecule has 1 amide bonds. The zero-order chi connectivity index (χ0) is 11.5. The van der Waals surface area contributed by atoms with Gasteiger partial charge in [0.1, 0.15) is 5.75 Å². The SMILES string of the molecule is CC1CNCCN1C(=O)c1cncc(O)c1. The van der Waals surface area contributed by atoms with Crippen molar-refractivity contribution in [3.63, 3.8) is 0 Å². The summed E-state index contributed by atoms with van der Waals surface area (Å²) in [6, 6.07) is 1.62. The number of amides is 1. The van der Waals surface area contributed by atoms with Crippen LogP contribution in [0.1, 0.15) is 17.3 Å². The topological polar surface area (TPSA) is 65.5 Å². The maximum atomic E-state index is 12.1. The highest BCUT2D eigenvalue weighted by Gasteiger charge is 2.24. The summed E-state index contributed by atoms with van der Waals surface area (Å²) in [6.07, 6.45) is 2.80. The van der Waals surface area contributed by atoms with E-state index in [1.807, 2.05) is 6.92 Å². The van der Waals surface area contributed by atoms with E-state index in [9.17, 15) is 9.90 Å². The molecule has 86 valence electrons. The van der Waals surface area contributed by atoms with E-state index in [2.05, 4.69) is 10.3 Å². The van der Waals surface area contributed by atoms with Crippen molar-refractivity contribution < 1.29 is 9.90 Å². The van der Waals surface area contributed by atoms with Crippen molar-refractivity contribution in [1.29, 1.82) is 0 Å². The second-order valence-electron chi connectivity index (χ2n) is 3.98. The molecule has 2 heterocycles. The smallest absolute Gasteiger partial charge is 0.255 e. The molecule has 1 aromatic heterocycles. The Morgan fingerprint density at radius 3 is 3.12 bits per heavy atom. The molecular weight excluding hydrogens is 206 g/mol. The van der Waals surface area contributed by atoms with Crippen molar-refractivity contribution in [2.75, 3.05) is 19.6 Å².